The number of amides is 1. The average Bonchev–Trinajstić information content (AvgIpc) is 2.61. The maximum absolute atomic E-state index is 12.0. The molecule has 0 spiro atoms. The molecule has 0 radical (unpaired) electrons. The van der Waals surface area contributed by atoms with Crippen LogP contribution >= 0.6 is 0 Å². The zero-order valence-corrected chi connectivity index (χ0v) is 13.1. The van der Waals surface area contributed by atoms with E-state index in [0.29, 0.717) is 5.69 Å². The van der Waals surface area contributed by atoms with Crippen LogP contribution < -0.4 is 10.1 Å². The number of rotatable bonds is 5. The molecule has 120 valence electrons. The van der Waals surface area contributed by atoms with Crippen molar-refractivity contribution in [2.45, 2.75) is 0 Å². The molecule has 2 aromatic rings. The van der Waals surface area contributed by atoms with Gasteiger partial charge in [-0.25, -0.2) is 0 Å². The highest BCUT2D eigenvalue weighted by Gasteiger charge is 2.08. The summed E-state index contributed by atoms with van der Waals surface area (Å²) < 4.78 is 5.08. The van der Waals surface area contributed by atoms with Crippen LogP contribution in [-0.4, -0.2) is 18.1 Å². The fraction of sp³-hybridized carbons (Fsp3) is 0.0526. The molecule has 0 aliphatic rings. The van der Waals surface area contributed by atoms with Crippen LogP contribution in [0.5, 0.6) is 11.5 Å². The maximum Gasteiger partial charge on any atom is 0.266 e. The standard InChI is InChI=1S/C19H16N2O3/c1-24-18-11-5-14(6-12-18)3-2-4-15(13-20)19(23)21-16-7-9-17(22)10-8-16/h2-12,22H,1H3,(H,21,23). The van der Waals surface area contributed by atoms with E-state index >= 15 is 0 Å². The molecule has 0 fully saturated rings. The molecule has 0 unspecified atom stereocenters. The third-order valence-corrected chi connectivity index (χ3v) is 3.16. The summed E-state index contributed by atoms with van der Waals surface area (Å²) in [5.74, 6) is 0.350. The number of ether oxygens (including phenoxy) is 1. The number of nitriles is 1. The van der Waals surface area contributed by atoms with Crippen LogP contribution in [0.25, 0.3) is 6.08 Å². The third kappa shape index (κ3) is 4.75. The van der Waals surface area contributed by atoms with Gasteiger partial charge in [-0.15, -0.1) is 0 Å². The molecule has 5 nitrogen and oxygen atoms in total. The van der Waals surface area contributed by atoms with E-state index in [1.807, 2.05) is 30.3 Å². The van der Waals surface area contributed by atoms with Crippen LogP contribution in [-0.2, 0) is 4.79 Å². The molecule has 0 heterocycles. The Bertz CT molecular complexity index is 798. The van der Waals surface area contributed by atoms with Crippen molar-refractivity contribution in [2.24, 2.45) is 0 Å². The van der Waals surface area contributed by atoms with E-state index in [1.54, 1.807) is 31.4 Å². The van der Waals surface area contributed by atoms with Gasteiger partial charge in [0.15, 0.2) is 0 Å². The summed E-state index contributed by atoms with van der Waals surface area (Å²) in [5.41, 5.74) is 1.40. The van der Waals surface area contributed by atoms with Crippen molar-refractivity contribution in [3.63, 3.8) is 0 Å². The van der Waals surface area contributed by atoms with Crippen molar-refractivity contribution in [3.05, 3.63) is 71.8 Å². The minimum absolute atomic E-state index is 0.0205. The maximum atomic E-state index is 12.0. The molecule has 0 bridgehead atoms. The number of anilines is 1. The Kier molecular flexibility index (Phi) is 5.76. The van der Waals surface area contributed by atoms with E-state index in [9.17, 15) is 9.90 Å². The molecule has 5 heteroatoms. The number of carbonyl (C=O) groups is 1. The number of nitrogens with zero attached hydrogens (tertiary/aromatic N) is 1. The summed E-state index contributed by atoms with van der Waals surface area (Å²) in [4.78, 5) is 12.0. The van der Waals surface area contributed by atoms with Crippen LogP contribution in [0.2, 0.25) is 0 Å². The lowest BCUT2D eigenvalue weighted by molar-refractivity contribution is -0.112. The highest BCUT2D eigenvalue weighted by atomic mass is 16.5. The Hall–Kier alpha value is -3.52. The molecule has 0 aliphatic heterocycles. The van der Waals surface area contributed by atoms with Crippen molar-refractivity contribution in [2.75, 3.05) is 12.4 Å². The second kappa shape index (κ2) is 8.20. The molecular formula is C19H16N2O3. The Labute approximate surface area is 140 Å². The number of phenols is 1. The number of phenolic OH excluding ortho intramolecular Hbond substituents is 1. The van der Waals surface area contributed by atoms with Gasteiger partial charge in [0, 0.05) is 5.69 Å². The van der Waals surface area contributed by atoms with Gasteiger partial charge in [0.05, 0.1) is 7.11 Å². The zero-order chi connectivity index (χ0) is 17.4. The van der Waals surface area contributed by atoms with Gasteiger partial charge in [-0.1, -0.05) is 24.3 Å². The summed E-state index contributed by atoms with van der Waals surface area (Å²) in [5, 5.41) is 20.9. The molecule has 2 rings (SSSR count). The second-order valence-corrected chi connectivity index (χ2v) is 4.83. The lowest BCUT2D eigenvalue weighted by Gasteiger charge is -2.03. The van der Waals surface area contributed by atoms with Crippen LogP contribution in [0.1, 0.15) is 5.56 Å². The van der Waals surface area contributed by atoms with Gasteiger partial charge in [-0.2, -0.15) is 5.26 Å². The summed E-state index contributed by atoms with van der Waals surface area (Å²) in [6, 6.07) is 15.3. The highest BCUT2D eigenvalue weighted by Crippen LogP contribution is 2.15. The SMILES string of the molecule is COc1ccc(C=CC=C(C#N)C(=O)Nc2ccc(O)cc2)cc1. The molecule has 2 N–H and O–H groups in total. The number of methoxy groups -OCH3 is 1. The molecule has 0 aliphatic carbocycles. The minimum atomic E-state index is -0.512. The van der Waals surface area contributed by atoms with E-state index in [1.165, 1.54) is 18.2 Å². The Morgan fingerprint density at radius 2 is 1.83 bits per heavy atom. The van der Waals surface area contributed by atoms with Gasteiger partial charge in [-0.05, 0) is 48.0 Å². The second-order valence-electron chi connectivity index (χ2n) is 4.83. The van der Waals surface area contributed by atoms with Gasteiger partial charge in [-0.3, -0.25) is 4.79 Å². The van der Waals surface area contributed by atoms with E-state index in [0.717, 1.165) is 11.3 Å². The Morgan fingerprint density at radius 1 is 1.17 bits per heavy atom. The Balaban J connectivity index is 2.04. The summed E-state index contributed by atoms with van der Waals surface area (Å²) >= 11 is 0. The van der Waals surface area contributed by atoms with Gasteiger partial charge in [0.1, 0.15) is 23.1 Å². The first-order chi connectivity index (χ1) is 11.6. The Morgan fingerprint density at radius 3 is 2.42 bits per heavy atom. The monoisotopic (exact) mass is 320 g/mol. The third-order valence-electron chi connectivity index (χ3n) is 3.16. The lowest BCUT2D eigenvalue weighted by atomic mass is 10.2. The predicted octanol–water partition coefficient (Wildman–Crippen LogP) is 3.50. The largest absolute Gasteiger partial charge is 0.508 e. The molecule has 24 heavy (non-hydrogen) atoms. The molecule has 0 saturated carbocycles. The number of hydrogen-bond donors (Lipinski definition) is 2. The molecule has 0 saturated heterocycles. The molecule has 0 aromatic heterocycles. The van der Waals surface area contributed by atoms with Crippen molar-refractivity contribution in [1.29, 1.82) is 5.26 Å². The first-order valence-electron chi connectivity index (χ1n) is 7.15. The van der Waals surface area contributed by atoms with E-state index < -0.39 is 5.91 Å². The van der Waals surface area contributed by atoms with E-state index in [-0.39, 0.29) is 11.3 Å². The number of benzene rings is 2. The van der Waals surface area contributed by atoms with Crippen LogP contribution in [0.3, 0.4) is 0 Å². The van der Waals surface area contributed by atoms with Crippen molar-refractivity contribution < 1.29 is 14.6 Å². The van der Waals surface area contributed by atoms with Gasteiger partial charge >= 0.3 is 0 Å². The number of nitrogens with one attached hydrogen (secondary N) is 1. The summed E-state index contributed by atoms with van der Waals surface area (Å²) in [7, 11) is 1.60. The fourth-order valence-electron chi connectivity index (χ4n) is 1.88. The van der Waals surface area contributed by atoms with Gasteiger partial charge < -0.3 is 15.2 Å². The van der Waals surface area contributed by atoms with Crippen LogP contribution in [0.4, 0.5) is 5.69 Å². The smallest absolute Gasteiger partial charge is 0.266 e. The molecule has 2 aromatic carbocycles. The van der Waals surface area contributed by atoms with Crippen molar-refractivity contribution >= 4 is 17.7 Å². The molecular weight excluding hydrogens is 304 g/mol. The van der Waals surface area contributed by atoms with Crippen molar-refractivity contribution in [1.82, 2.24) is 0 Å². The van der Waals surface area contributed by atoms with E-state index in [2.05, 4.69) is 5.32 Å². The van der Waals surface area contributed by atoms with Crippen LogP contribution in [0, 0.1) is 11.3 Å². The van der Waals surface area contributed by atoms with Gasteiger partial charge in [0.2, 0.25) is 0 Å². The quantitative estimate of drug-likeness (QED) is 0.382. The zero-order valence-electron chi connectivity index (χ0n) is 13.1. The van der Waals surface area contributed by atoms with Gasteiger partial charge in [0.25, 0.3) is 5.91 Å². The topological polar surface area (TPSA) is 82.3 Å². The molecule has 1 amide bonds. The summed E-state index contributed by atoms with van der Waals surface area (Å²) in [6.45, 7) is 0. The predicted molar refractivity (Wildman–Crippen MR) is 92.5 cm³/mol. The number of aromatic hydroxyl groups is 1. The minimum Gasteiger partial charge on any atom is -0.508 e. The normalized spacial score (nSPS) is 11.1. The highest BCUT2D eigenvalue weighted by molar-refractivity contribution is 6.06. The van der Waals surface area contributed by atoms with E-state index in [4.69, 9.17) is 10.00 Å². The summed E-state index contributed by atoms with van der Waals surface area (Å²) in [6.07, 6.45) is 4.86. The number of hydrogen-bond acceptors (Lipinski definition) is 4. The number of carbonyl (C=O) groups excluding carboxylic acids is 1. The molecule has 0 atom stereocenters. The average molecular weight is 320 g/mol. The fourth-order valence-corrected chi connectivity index (χ4v) is 1.88. The van der Waals surface area contributed by atoms with Crippen molar-refractivity contribution in [3.8, 4) is 17.6 Å². The first kappa shape index (κ1) is 16.8. The number of allylic oxidation sites excluding steroid dienone is 2. The first-order valence-corrected chi connectivity index (χ1v) is 7.15. The van der Waals surface area contributed by atoms with Crippen LogP contribution in [0.15, 0.2) is 66.3 Å². The lowest BCUT2D eigenvalue weighted by Crippen LogP contribution is -2.13.